The van der Waals surface area contributed by atoms with E-state index in [1.807, 2.05) is 0 Å². The monoisotopic (exact) mass is 274 g/mol. The SMILES string of the molecule is C[C@@]12CCC3C(CC[C@H]4CCCC[C@]34C)C1CCC2=O. The maximum atomic E-state index is 12.4. The molecule has 0 N–H and O–H groups in total. The molecular weight excluding hydrogens is 244 g/mol. The van der Waals surface area contributed by atoms with E-state index in [1.54, 1.807) is 0 Å². The van der Waals surface area contributed by atoms with Crippen molar-refractivity contribution in [2.45, 2.75) is 78.1 Å². The zero-order chi connectivity index (χ0) is 14.0. The van der Waals surface area contributed by atoms with Crippen LogP contribution in [0.5, 0.6) is 0 Å². The zero-order valence-electron chi connectivity index (χ0n) is 13.3. The van der Waals surface area contributed by atoms with E-state index in [-0.39, 0.29) is 5.41 Å². The number of hydrogen-bond acceptors (Lipinski definition) is 1. The number of ketones is 1. The van der Waals surface area contributed by atoms with Crippen molar-refractivity contribution in [2.24, 2.45) is 34.5 Å². The maximum Gasteiger partial charge on any atom is 0.139 e. The molecule has 0 aromatic rings. The topological polar surface area (TPSA) is 17.1 Å². The molecule has 0 radical (unpaired) electrons. The molecule has 1 nitrogen and oxygen atoms in total. The summed E-state index contributed by atoms with van der Waals surface area (Å²) in [4.78, 5) is 12.4. The van der Waals surface area contributed by atoms with Gasteiger partial charge in [0.25, 0.3) is 0 Å². The van der Waals surface area contributed by atoms with Crippen LogP contribution in [0.2, 0.25) is 0 Å². The van der Waals surface area contributed by atoms with Gasteiger partial charge < -0.3 is 0 Å². The van der Waals surface area contributed by atoms with Gasteiger partial charge in [0.05, 0.1) is 0 Å². The number of rotatable bonds is 0. The van der Waals surface area contributed by atoms with Crippen LogP contribution < -0.4 is 0 Å². The molecule has 20 heavy (non-hydrogen) atoms. The summed E-state index contributed by atoms with van der Waals surface area (Å²) in [5.41, 5.74) is 0.688. The van der Waals surface area contributed by atoms with E-state index < -0.39 is 0 Å². The predicted octanol–water partition coefficient (Wildman–Crippen LogP) is 4.99. The smallest absolute Gasteiger partial charge is 0.139 e. The Hall–Kier alpha value is -0.330. The Morgan fingerprint density at radius 2 is 1.75 bits per heavy atom. The molecular formula is C19H30O. The Labute approximate surface area is 123 Å². The summed E-state index contributed by atoms with van der Waals surface area (Å²) in [6.45, 7) is 4.92. The minimum Gasteiger partial charge on any atom is -0.299 e. The Kier molecular flexibility index (Phi) is 2.89. The second-order valence-electron chi connectivity index (χ2n) is 8.82. The van der Waals surface area contributed by atoms with Crippen molar-refractivity contribution < 1.29 is 4.79 Å². The van der Waals surface area contributed by atoms with Gasteiger partial charge in [-0.2, -0.15) is 0 Å². The molecule has 1 heteroatoms. The summed E-state index contributed by atoms with van der Waals surface area (Å²) in [7, 11) is 0. The number of carbonyl (C=O) groups excluding carboxylic acids is 1. The average Bonchev–Trinajstić information content (AvgIpc) is 2.74. The van der Waals surface area contributed by atoms with Crippen LogP contribution in [0.1, 0.15) is 78.1 Å². The molecule has 0 spiro atoms. The van der Waals surface area contributed by atoms with Crippen LogP contribution in [0.4, 0.5) is 0 Å². The minimum atomic E-state index is 0.0685. The van der Waals surface area contributed by atoms with Crippen molar-refractivity contribution >= 4 is 5.78 Å². The quantitative estimate of drug-likeness (QED) is 0.608. The van der Waals surface area contributed by atoms with Crippen molar-refractivity contribution in [3.63, 3.8) is 0 Å². The summed E-state index contributed by atoms with van der Waals surface area (Å²) in [6, 6.07) is 0. The van der Waals surface area contributed by atoms with E-state index in [0.29, 0.717) is 11.2 Å². The van der Waals surface area contributed by atoms with Crippen molar-refractivity contribution in [1.29, 1.82) is 0 Å². The van der Waals surface area contributed by atoms with Crippen molar-refractivity contribution in [3.8, 4) is 0 Å². The van der Waals surface area contributed by atoms with E-state index in [0.717, 1.165) is 30.1 Å². The normalized spacial score (nSPS) is 55.0. The third-order valence-electron chi connectivity index (χ3n) is 8.29. The Morgan fingerprint density at radius 1 is 0.900 bits per heavy atom. The zero-order valence-corrected chi connectivity index (χ0v) is 13.3. The van der Waals surface area contributed by atoms with Gasteiger partial charge in [0.15, 0.2) is 0 Å². The first-order valence-corrected chi connectivity index (χ1v) is 9.09. The largest absolute Gasteiger partial charge is 0.299 e. The average molecular weight is 274 g/mol. The Balaban J connectivity index is 1.66. The molecule has 0 aliphatic heterocycles. The highest BCUT2D eigenvalue weighted by Gasteiger charge is 2.59. The Morgan fingerprint density at radius 3 is 2.60 bits per heavy atom. The molecule has 4 fully saturated rings. The van der Waals surface area contributed by atoms with Crippen molar-refractivity contribution in [1.82, 2.24) is 0 Å². The standard InChI is InChI=1S/C19H30O/c1-18-11-4-3-5-13(18)6-7-14-15-8-9-17(20)19(15,2)12-10-16(14)18/h13-16H,3-12H2,1-2H3/t13-,14?,15?,16?,18+,19-/m1/s1. The van der Waals surface area contributed by atoms with Crippen LogP contribution >= 0.6 is 0 Å². The van der Waals surface area contributed by atoms with E-state index in [1.165, 1.54) is 57.8 Å². The summed E-state index contributed by atoms with van der Waals surface area (Å²) >= 11 is 0. The van der Waals surface area contributed by atoms with E-state index in [2.05, 4.69) is 13.8 Å². The molecule has 4 rings (SSSR count). The van der Waals surface area contributed by atoms with E-state index in [9.17, 15) is 4.79 Å². The van der Waals surface area contributed by atoms with Crippen LogP contribution in [0.25, 0.3) is 0 Å². The lowest BCUT2D eigenvalue weighted by Gasteiger charge is -2.59. The molecule has 0 bridgehead atoms. The molecule has 4 aliphatic carbocycles. The summed E-state index contributed by atoms with van der Waals surface area (Å²) in [5, 5.41) is 0. The first-order chi connectivity index (χ1) is 9.56. The van der Waals surface area contributed by atoms with Crippen LogP contribution in [0.3, 0.4) is 0 Å². The summed E-state index contributed by atoms with van der Waals surface area (Å²) < 4.78 is 0. The third kappa shape index (κ3) is 1.58. The van der Waals surface area contributed by atoms with Gasteiger partial charge in [-0.15, -0.1) is 0 Å². The van der Waals surface area contributed by atoms with Gasteiger partial charge in [0.1, 0.15) is 5.78 Å². The summed E-state index contributed by atoms with van der Waals surface area (Å²) in [5.74, 6) is 4.13. The minimum absolute atomic E-state index is 0.0685. The molecule has 0 amide bonds. The molecule has 0 aromatic carbocycles. The molecule has 0 aromatic heterocycles. The highest BCUT2D eigenvalue weighted by atomic mass is 16.1. The second kappa shape index (κ2) is 4.34. The number of hydrogen-bond donors (Lipinski definition) is 0. The molecule has 0 saturated heterocycles. The van der Waals surface area contributed by atoms with Crippen LogP contribution in [-0.4, -0.2) is 5.78 Å². The molecule has 112 valence electrons. The predicted molar refractivity (Wildman–Crippen MR) is 81.4 cm³/mol. The summed E-state index contributed by atoms with van der Waals surface area (Å²) in [6.07, 6.45) is 13.4. The first kappa shape index (κ1) is 13.3. The molecule has 0 heterocycles. The fraction of sp³-hybridized carbons (Fsp3) is 0.947. The number of carbonyl (C=O) groups is 1. The highest BCUT2D eigenvalue weighted by molar-refractivity contribution is 5.87. The van der Waals surface area contributed by atoms with Gasteiger partial charge in [-0.25, -0.2) is 0 Å². The first-order valence-electron chi connectivity index (χ1n) is 9.09. The lowest BCUT2D eigenvalue weighted by molar-refractivity contribution is -0.138. The molecule has 6 atom stereocenters. The van der Waals surface area contributed by atoms with Gasteiger partial charge in [0, 0.05) is 11.8 Å². The fourth-order valence-electron chi connectivity index (χ4n) is 7.07. The number of fused-ring (bicyclic) bond motifs is 5. The van der Waals surface area contributed by atoms with Gasteiger partial charge in [-0.1, -0.05) is 26.7 Å². The van der Waals surface area contributed by atoms with Gasteiger partial charge in [-0.05, 0) is 74.0 Å². The van der Waals surface area contributed by atoms with Crippen molar-refractivity contribution in [2.75, 3.05) is 0 Å². The molecule has 3 unspecified atom stereocenters. The van der Waals surface area contributed by atoms with Gasteiger partial charge in [-0.3, -0.25) is 4.79 Å². The Bertz CT molecular complexity index is 427. The third-order valence-corrected chi connectivity index (χ3v) is 8.29. The molecule has 4 saturated carbocycles. The highest BCUT2D eigenvalue weighted by Crippen LogP contribution is 2.65. The second-order valence-corrected chi connectivity index (χ2v) is 8.82. The molecule has 4 aliphatic rings. The van der Waals surface area contributed by atoms with Gasteiger partial charge >= 0.3 is 0 Å². The number of Topliss-reactive ketones (excluding diaryl/α,β-unsaturated/α-hetero) is 1. The lowest BCUT2D eigenvalue weighted by Crippen LogP contribution is -2.52. The van der Waals surface area contributed by atoms with Crippen molar-refractivity contribution in [3.05, 3.63) is 0 Å². The van der Waals surface area contributed by atoms with Crippen LogP contribution in [0, 0.1) is 34.5 Å². The van der Waals surface area contributed by atoms with E-state index >= 15 is 0 Å². The van der Waals surface area contributed by atoms with Gasteiger partial charge in [0.2, 0.25) is 0 Å². The lowest BCUT2D eigenvalue weighted by atomic mass is 9.45. The van der Waals surface area contributed by atoms with Crippen LogP contribution in [0.15, 0.2) is 0 Å². The fourth-order valence-corrected chi connectivity index (χ4v) is 7.07. The van der Waals surface area contributed by atoms with Crippen LogP contribution in [-0.2, 0) is 4.79 Å². The maximum absolute atomic E-state index is 12.4. The van der Waals surface area contributed by atoms with E-state index in [4.69, 9.17) is 0 Å².